The molecule has 0 radical (unpaired) electrons. The van der Waals surface area contributed by atoms with Crippen LogP contribution in [0.3, 0.4) is 0 Å². The Balaban J connectivity index is 2.54. The van der Waals surface area contributed by atoms with Crippen molar-refractivity contribution >= 4 is 16.9 Å². The lowest BCUT2D eigenvalue weighted by Crippen LogP contribution is -2.05. The molecule has 0 unspecified atom stereocenters. The molecule has 5 heteroatoms. The molecule has 0 aliphatic carbocycles. The summed E-state index contributed by atoms with van der Waals surface area (Å²) in [6.45, 7) is 0.590. The van der Waals surface area contributed by atoms with Gasteiger partial charge in [0.2, 0.25) is 5.95 Å². The second kappa shape index (κ2) is 4.40. The quantitative estimate of drug-likeness (QED) is 0.815. The molecule has 0 saturated carbocycles. The minimum Gasteiger partial charge on any atom is -0.368 e. The molecule has 1 aromatic heterocycles. The largest absolute Gasteiger partial charge is 0.368 e. The van der Waals surface area contributed by atoms with Gasteiger partial charge in [-0.25, -0.2) is 14.4 Å². The smallest absolute Gasteiger partial charge is 0.220 e. The van der Waals surface area contributed by atoms with Crippen molar-refractivity contribution in [2.75, 3.05) is 12.3 Å². The van der Waals surface area contributed by atoms with Crippen LogP contribution in [-0.2, 0) is 6.42 Å². The van der Waals surface area contributed by atoms with E-state index in [0.29, 0.717) is 12.1 Å². The maximum absolute atomic E-state index is 13.0. The van der Waals surface area contributed by atoms with Crippen LogP contribution in [0.4, 0.5) is 10.3 Å². The third kappa shape index (κ3) is 2.09. The Morgan fingerprint density at radius 2 is 2.06 bits per heavy atom. The van der Waals surface area contributed by atoms with E-state index in [9.17, 15) is 4.39 Å². The molecule has 0 fully saturated rings. The van der Waals surface area contributed by atoms with Crippen molar-refractivity contribution in [1.82, 2.24) is 9.97 Å². The van der Waals surface area contributed by atoms with Crippen LogP contribution < -0.4 is 11.5 Å². The molecule has 4 nitrogen and oxygen atoms in total. The summed E-state index contributed by atoms with van der Waals surface area (Å²) in [4.78, 5) is 8.16. The number of hydrogen-bond acceptors (Lipinski definition) is 4. The van der Waals surface area contributed by atoms with Crippen LogP contribution >= 0.6 is 0 Å². The number of aromatic nitrogens is 2. The number of aryl methyl sites for hydroxylation is 1. The first-order valence-corrected chi connectivity index (χ1v) is 5.12. The summed E-state index contributed by atoms with van der Waals surface area (Å²) in [5.41, 5.74) is 12.4. The van der Waals surface area contributed by atoms with Crippen molar-refractivity contribution in [3.05, 3.63) is 29.7 Å². The van der Waals surface area contributed by atoms with Crippen LogP contribution in [0.25, 0.3) is 10.9 Å². The fourth-order valence-corrected chi connectivity index (χ4v) is 1.65. The zero-order valence-electron chi connectivity index (χ0n) is 8.78. The Bertz CT molecular complexity index is 507. The van der Waals surface area contributed by atoms with E-state index < -0.39 is 0 Å². The van der Waals surface area contributed by atoms with Crippen molar-refractivity contribution < 1.29 is 4.39 Å². The average Bonchev–Trinajstić information content (AvgIpc) is 2.25. The maximum atomic E-state index is 13.0. The minimum absolute atomic E-state index is 0.171. The fraction of sp³-hybridized carbons (Fsp3) is 0.273. The number of benzene rings is 1. The van der Waals surface area contributed by atoms with Gasteiger partial charge in [0.1, 0.15) is 5.82 Å². The Hall–Kier alpha value is -1.75. The minimum atomic E-state index is -0.324. The number of nitrogen functional groups attached to an aromatic ring is 1. The second-order valence-electron chi connectivity index (χ2n) is 3.58. The van der Waals surface area contributed by atoms with Crippen LogP contribution in [0, 0.1) is 5.82 Å². The summed E-state index contributed by atoms with van der Waals surface area (Å²) in [5, 5.41) is 0.837. The lowest BCUT2D eigenvalue weighted by molar-refractivity contribution is 0.629. The summed E-state index contributed by atoms with van der Waals surface area (Å²) < 4.78 is 13.0. The Morgan fingerprint density at radius 3 is 2.81 bits per heavy atom. The van der Waals surface area contributed by atoms with Crippen LogP contribution in [0.1, 0.15) is 12.1 Å². The Morgan fingerprint density at radius 1 is 1.25 bits per heavy atom. The first-order valence-electron chi connectivity index (χ1n) is 5.12. The molecular weight excluding hydrogens is 207 g/mol. The highest BCUT2D eigenvalue weighted by atomic mass is 19.1. The van der Waals surface area contributed by atoms with Gasteiger partial charge in [-0.1, -0.05) is 0 Å². The van der Waals surface area contributed by atoms with Gasteiger partial charge < -0.3 is 11.5 Å². The van der Waals surface area contributed by atoms with Crippen molar-refractivity contribution in [3.63, 3.8) is 0 Å². The number of nitrogens with zero attached hydrogens (tertiary/aromatic N) is 2. The first-order chi connectivity index (χ1) is 7.70. The predicted octanol–water partition coefficient (Wildman–Crippen LogP) is 1.24. The van der Waals surface area contributed by atoms with Gasteiger partial charge in [0.05, 0.1) is 11.2 Å². The third-order valence-corrected chi connectivity index (χ3v) is 2.37. The van der Waals surface area contributed by atoms with Crippen LogP contribution in [0.2, 0.25) is 0 Å². The molecule has 0 bridgehead atoms. The summed E-state index contributed by atoms with van der Waals surface area (Å²) in [6.07, 6.45) is 1.55. The van der Waals surface area contributed by atoms with Crippen LogP contribution in [-0.4, -0.2) is 16.5 Å². The summed E-state index contributed by atoms with van der Waals surface area (Å²) in [7, 11) is 0. The van der Waals surface area contributed by atoms with Crippen molar-refractivity contribution in [2.24, 2.45) is 5.73 Å². The van der Waals surface area contributed by atoms with Gasteiger partial charge in [-0.3, -0.25) is 0 Å². The number of halogens is 1. The van der Waals surface area contributed by atoms with Gasteiger partial charge in [0.15, 0.2) is 0 Å². The van der Waals surface area contributed by atoms with E-state index in [1.165, 1.54) is 12.1 Å². The fourth-order valence-electron chi connectivity index (χ4n) is 1.65. The van der Waals surface area contributed by atoms with E-state index in [1.54, 1.807) is 6.07 Å². The molecule has 1 aromatic carbocycles. The Labute approximate surface area is 92.5 Å². The molecule has 2 aromatic rings. The van der Waals surface area contributed by atoms with E-state index in [4.69, 9.17) is 11.5 Å². The molecular formula is C11H13FN4. The molecule has 0 atom stereocenters. The molecule has 4 N–H and O–H groups in total. The van der Waals surface area contributed by atoms with Gasteiger partial charge in [0, 0.05) is 11.5 Å². The second-order valence-corrected chi connectivity index (χ2v) is 3.58. The van der Waals surface area contributed by atoms with E-state index >= 15 is 0 Å². The number of rotatable bonds is 3. The number of fused-ring (bicyclic) bond motifs is 1. The molecule has 0 amide bonds. The first kappa shape index (κ1) is 10.8. The highest BCUT2D eigenvalue weighted by Gasteiger charge is 2.06. The Kier molecular flexibility index (Phi) is 2.96. The van der Waals surface area contributed by atoms with Crippen LogP contribution in [0.5, 0.6) is 0 Å². The van der Waals surface area contributed by atoms with Gasteiger partial charge in [-0.05, 0) is 31.5 Å². The SMILES string of the molecule is NCCCc1nc(N)nc2cc(F)ccc12. The zero-order chi connectivity index (χ0) is 11.5. The zero-order valence-corrected chi connectivity index (χ0v) is 8.78. The van der Waals surface area contributed by atoms with E-state index in [1.807, 2.05) is 0 Å². The average molecular weight is 220 g/mol. The summed E-state index contributed by atoms with van der Waals surface area (Å²) >= 11 is 0. The molecule has 2 rings (SSSR count). The van der Waals surface area contributed by atoms with Crippen molar-refractivity contribution in [2.45, 2.75) is 12.8 Å². The number of nitrogens with two attached hydrogens (primary N) is 2. The standard InChI is InChI=1S/C11H13FN4/c12-7-3-4-8-9(2-1-5-13)15-11(14)16-10(8)6-7/h3-4,6H,1-2,5,13H2,(H2,14,15,16). The van der Waals surface area contributed by atoms with Crippen molar-refractivity contribution in [1.29, 1.82) is 0 Å². The van der Waals surface area contributed by atoms with E-state index in [-0.39, 0.29) is 11.8 Å². The molecule has 0 spiro atoms. The van der Waals surface area contributed by atoms with Crippen molar-refractivity contribution in [3.8, 4) is 0 Å². The normalized spacial score (nSPS) is 10.9. The lowest BCUT2D eigenvalue weighted by Gasteiger charge is -2.05. The summed E-state index contributed by atoms with van der Waals surface area (Å²) in [5.74, 6) is -0.152. The highest BCUT2D eigenvalue weighted by molar-refractivity contribution is 5.81. The molecule has 0 aliphatic heterocycles. The van der Waals surface area contributed by atoms with E-state index in [2.05, 4.69) is 9.97 Å². The van der Waals surface area contributed by atoms with Gasteiger partial charge in [0.25, 0.3) is 0 Å². The van der Waals surface area contributed by atoms with Gasteiger partial charge in [-0.2, -0.15) is 0 Å². The molecule has 84 valence electrons. The van der Waals surface area contributed by atoms with E-state index in [0.717, 1.165) is 23.9 Å². The third-order valence-electron chi connectivity index (χ3n) is 2.37. The molecule has 0 saturated heterocycles. The summed E-state index contributed by atoms with van der Waals surface area (Å²) in [6, 6.07) is 4.43. The molecule has 0 aliphatic rings. The van der Waals surface area contributed by atoms with Gasteiger partial charge in [-0.15, -0.1) is 0 Å². The number of hydrogen-bond donors (Lipinski definition) is 2. The molecule has 16 heavy (non-hydrogen) atoms. The lowest BCUT2D eigenvalue weighted by atomic mass is 10.1. The topological polar surface area (TPSA) is 77.8 Å². The highest BCUT2D eigenvalue weighted by Crippen LogP contribution is 2.18. The van der Waals surface area contributed by atoms with Gasteiger partial charge >= 0.3 is 0 Å². The molecule has 1 heterocycles. The number of anilines is 1. The predicted molar refractivity (Wildman–Crippen MR) is 61.3 cm³/mol. The maximum Gasteiger partial charge on any atom is 0.220 e. The van der Waals surface area contributed by atoms with Crippen LogP contribution in [0.15, 0.2) is 18.2 Å². The monoisotopic (exact) mass is 220 g/mol.